The first-order valence-electron chi connectivity index (χ1n) is 8.11. The van der Waals surface area contributed by atoms with Gasteiger partial charge in [-0.3, -0.25) is 4.79 Å². The zero-order chi connectivity index (χ0) is 18.0. The molecule has 0 radical (unpaired) electrons. The highest BCUT2D eigenvalue weighted by Crippen LogP contribution is 2.20. The molecule has 0 saturated heterocycles. The van der Waals surface area contributed by atoms with E-state index in [9.17, 15) is 9.18 Å². The molecule has 0 atom stereocenters. The number of carbonyl (C=O) groups excluding carboxylic acids is 1. The van der Waals surface area contributed by atoms with E-state index in [-0.39, 0.29) is 18.1 Å². The quantitative estimate of drug-likeness (QED) is 0.778. The van der Waals surface area contributed by atoms with Crippen LogP contribution in [0.3, 0.4) is 0 Å². The third-order valence-electron chi connectivity index (χ3n) is 3.86. The fraction of sp³-hybridized carbons (Fsp3) is 0.200. The molecule has 128 valence electrons. The number of halogens is 1. The van der Waals surface area contributed by atoms with Crippen LogP contribution in [0.15, 0.2) is 48.5 Å². The van der Waals surface area contributed by atoms with Gasteiger partial charge < -0.3 is 5.32 Å². The first-order valence-corrected chi connectivity index (χ1v) is 8.11. The van der Waals surface area contributed by atoms with Gasteiger partial charge >= 0.3 is 0 Å². The molecule has 0 spiro atoms. The summed E-state index contributed by atoms with van der Waals surface area (Å²) in [4.78, 5) is 12.3. The Kier molecular flexibility index (Phi) is 4.65. The molecular formula is C20H20FN3O. The van der Waals surface area contributed by atoms with Gasteiger partial charge in [-0.2, -0.15) is 5.10 Å². The van der Waals surface area contributed by atoms with Gasteiger partial charge in [-0.1, -0.05) is 24.3 Å². The monoisotopic (exact) mass is 337 g/mol. The maximum Gasteiger partial charge on any atom is 0.230 e. The predicted octanol–water partition coefficient (Wildman–Crippen LogP) is 4.12. The number of amides is 1. The van der Waals surface area contributed by atoms with Crippen molar-refractivity contribution < 1.29 is 9.18 Å². The van der Waals surface area contributed by atoms with Gasteiger partial charge in [0.05, 0.1) is 17.8 Å². The van der Waals surface area contributed by atoms with Crippen molar-refractivity contribution in [2.45, 2.75) is 27.2 Å². The molecule has 5 heteroatoms. The van der Waals surface area contributed by atoms with Gasteiger partial charge in [-0.05, 0) is 55.7 Å². The normalized spacial score (nSPS) is 10.7. The van der Waals surface area contributed by atoms with Crippen molar-refractivity contribution in [2.75, 3.05) is 5.32 Å². The summed E-state index contributed by atoms with van der Waals surface area (Å²) >= 11 is 0. The summed E-state index contributed by atoms with van der Waals surface area (Å²) in [5, 5.41) is 7.31. The number of hydrogen-bond donors (Lipinski definition) is 1. The molecule has 3 rings (SSSR count). The van der Waals surface area contributed by atoms with Gasteiger partial charge in [0, 0.05) is 6.07 Å². The molecule has 0 aliphatic heterocycles. The average molecular weight is 337 g/mol. The van der Waals surface area contributed by atoms with E-state index in [1.165, 1.54) is 6.07 Å². The number of anilines is 1. The molecule has 2 aromatic carbocycles. The van der Waals surface area contributed by atoms with Gasteiger partial charge in [-0.25, -0.2) is 9.07 Å². The molecular weight excluding hydrogens is 317 g/mol. The summed E-state index contributed by atoms with van der Waals surface area (Å²) in [6, 6.07) is 14.2. The minimum atomic E-state index is -0.378. The van der Waals surface area contributed by atoms with Gasteiger partial charge in [0.15, 0.2) is 0 Å². The van der Waals surface area contributed by atoms with Crippen molar-refractivity contribution in [1.82, 2.24) is 9.78 Å². The number of hydrogen-bond acceptors (Lipinski definition) is 2. The Bertz CT molecular complexity index is 910. The van der Waals surface area contributed by atoms with Crippen molar-refractivity contribution >= 4 is 11.7 Å². The van der Waals surface area contributed by atoms with Crippen molar-refractivity contribution in [3.8, 4) is 5.69 Å². The zero-order valence-electron chi connectivity index (χ0n) is 14.5. The SMILES string of the molecule is Cc1cc(C)cc(-n2nc(C)cc2NC(=O)Cc2ccccc2F)c1. The van der Waals surface area contributed by atoms with Crippen LogP contribution in [0.5, 0.6) is 0 Å². The van der Waals surface area contributed by atoms with Gasteiger partial charge in [-0.15, -0.1) is 0 Å². The molecule has 1 N–H and O–H groups in total. The molecule has 4 nitrogen and oxygen atoms in total. The van der Waals surface area contributed by atoms with Crippen LogP contribution in [0.1, 0.15) is 22.4 Å². The highest BCUT2D eigenvalue weighted by Gasteiger charge is 2.13. The van der Waals surface area contributed by atoms with Crippen LogP contribution in [-0.4, -0.2) is 15.7 Å². The first-order chi connectivity index (χ1) is 11.9. The van der Waals surface area contributed by atoms with Crippen molar-refractivity contribution in [2.24, 2.45) is 0 Å². The van der Waals surface area contributed by atoms with E-state index in [0.29, 0.717) is 11.4 Å². The second-order valence-electron chi connectivity index (χ2n) is 6.25. The maximum atomic E-state index is 13.7. The molecule has 0 bridgehead atoms. The number of aryl methyl sites for hydroxylation is 3. The van der Waals surface area contributed by atoms with E-state index in [1.54, 1.807) is 28.9 Å². The molecule has 0 aliphatic rings. The fourth-order valence-corrected chi connectivity index (χ4v) is 2.86. The molecule has 1 amide bonds. The number of aromatic nitrogens is 2. The first kappa shape index (κ1) is 16.9. The molecule has 0 unspecified atom stereocenters. The molecule has 1 aromatic heterocycles. The summed E-state index contributed by atoms with van der Waals surface area (Å²) in [6.07, 6.45) is -0.0241. The summed E-state index contributed by atoms with van der Waals surface area (Å²) in [5.74, 6) is -0.0869. The Balaban J connectivity index is 1.86. The van der Waals surface area contributed by atoms with Crippen molar-refractivity contribution in [3.05, 3.63) is 76.7 Å². The molecule has 0 fully saturated rings. The lowest BCUT2D eigenvalue weighted by molar-refractivity contribution is -0.115. The van der Waals surface area contributed by atoms with Crippen LogP contribution >= 0.6 is 0 Å². The molecule has 0 aliphatic carbocycles. The second-order valence-corrected chi connectivity index (χ2v) is 6.25. The number of nitrogens with zero attached hydrogens (tertiary/aromatic N) is 2. The average Bonchev–Trinajstić information content (AvgIpc) is 2.89. The van der Waals surface area contributed by atoms with Crippen molar-refractivity contribution in [1.29, 1.82) is 0 Å². The standard InChI is InChI=1S/C20H20FN3O/c1-13-8-14(2)10-17(9-13)24-19(11-15(3)23-24)22-20(25)12-16-6-4-5-7-18(16)21/h4-11H,12H2,1-3H3,(H,22,25). The third-order valence-corrected chi connectivity index (χ3v) is 3.86. The lowest BCUT2D eigenvalue weighted by Crippen LogP contribution is -2.17. The lowest BCUT2D eigenvalue weighted by Gasteiger charge is -2.11. The Morgan fingerprint density at radius 1 is 1.08 bits per heavy atom. The lowest BCUT2D eigenvalue weighted by atomic mass is 10.1. The van der Waals surface area contributed by atoms with Crippen LogP contribution in [-0.2, 0) is 11.2 Å². The van der Waals surface area contributed by atoms with Crippen molar-refractivity contribution in [3.63, 3.8) is 0 Å². The van der Waals surface area contributed by atoms with Crippen LogP contribution in [0.25, 0.3) is 5.69 Å². The summed E-state index contributed by atoms with van der Waals surface area (Å²) in [7, 11) is 0. The van der Waals surface area contributed by atoms with E-state index in [1.807, 2.05) is 32.9 Å². The van der Waals surface area contributed by atoms with E-state index in [2.05, 4.69) is 16.5 Å². The third kappa shape index (κ3) is 3.94. The number of rotatable bonds is 4. The number of benzene rings is 2. The van der Waals surface area contributed by atoms with Crippen LogP contribution in [0.4, 0.5) is 10.2 Å². The summed E-state index contributed by atoms with van der Waals surface area (Å²) in [5.41, 5.74) is 4.28. The Hall–Kier alpha value is -2.95. The summed E-state index contributed by atoms with van der Waals surface area (Å²) < 4.78 is 15.4. The number of carbonyl (C=O) groups is 1. The van der Waals surface area contributed by atoms with E-state index < -0.39 is 0 Å². The maximum absolute atomic E-state index is 13.7. The number of nitrogens with one attached hydrogen (secondary N) is 1. The predicted molar refractivity (Wildman–Crippen MR) is 96.5 cm³/mol. The summed E-state index contributed by atoms with van der Waals surface area (Å²) in [6.45, 7) is 5.90. The Labute approximate surface area is 146 Å². The topological polar surface area (TPSA) is 46.9 Å². The highest BCUT2D eigenvalue weighted by atomic mass is 19.1. The van der Waals surface area contributed by atoms with E-state index in [4.69, 9.17) is 0 Å². The second kappa shape index (κ2) is 6.89. The van der Waals surface area contributed by atoms with Crippen LogP contribution in [0.2, 0.25) is 0 Å². The van der Waals surface area contributed by atoms with E-state index >= 15 is 0 Å². The molecule has 1 heterocycles. The van der Waals surface area contributed by atoms with E-state index in [0.717, 1.165) is 22.5 Å². The minimum absolute atomic E-state index is 0.0241. The van der Waals surface area contributed by atoms with Crippen LogP contribution < -0.4 is 5.32 Å². The molecule has 3 aromatic rings. The Morgan fingerprint density at radius 3 is 2.44 bits per heavy atom. The fourth-order valence-electron chi connectivity index (χ4n) is 2.86. The zero-order valence-corrected chi connectivity index (χ0v) is 14.5. The van der Waals surface area contributed by atoms with Gasteiger partial charge in [0.25, 0.3) is 0 Å². The Morgan fingerprint density at radius 2 is 1.76 bits per heavy atom. The molecule has 25 heavy (non-hydrogen) atoms. The van der Waals surface area contributed by atoms with Gasteiger partial charge in [0.1, 0.15) is 11.6 Å². The smallest absolute Gasteiger partial charge is 0.230 e. The van der Waals surface area contributed by atoms with Gasteiger partial charge in [0.2, 0.25) is 5.91 Å². The highest BCUT2D eigenvalue weighted by molar-refractivity contribution is 5.91. The van der Waals surface area contributed by atoms with Crippen LogP contribution in [0, 0.1) is 26.6 Å². The largest absolute Gasteiger partial charge is 0.310 e. The minimum Gasteiger partial charge on any atom is -0.310 e. The molecule has 0 saturated carbocycles.